The number of benzene rings is 3. The van der Waals surface area contributed by atoms with Gasteiger partial charge in [-0.2, -0.15) is 5.26 Å². The minimum atomic E-state index is -0.693. The summed E-state index contributed by atoms with van der Waals surface area (Å²) >= 11 is 0. The summed E-state index contributed by atoms with van der Waals surface area (Å²) in [7, 11) is 1.52. The van der Waals surface area contributed by atoms with Crippen molar-refractivity contribution in [2.75, 3.05) is 25.6 Å². The monoisotopic (exact) mass is 555 g/mol. The average Bonchev–Trinajstić information content (AvgIpc) is 3.79. The van der Waals surface area contributed by atoms with Gasteiger partial charge in [0.1, 0.15) is 17.2 Å². The smallest absolute Gasteiger partial charge is 0.255 e. The number of carbonyl (C=O) groups is 2. The van der Waals surface area contributed by atoms with Gasteiger partial charge < -0.3 is 15.1 Å². The third-order valence-corrected chi connectivity index (χ3v) is 7.77. The maximum atomic E-state index is 13.6. The van der Waals surface area contributed by atoms with Crippen LogP contribution in [0.15, 0.2) is 65.1 Å². The number of nitrogens with zero attached hydrogens (tertiary/aromatic N) is 1. The maximum Gasteiger partial charge on any atom is 0.255 e. The van der Waals surface area contributed by atoms with E-state index < -0.39 is 17.9 Å². The van der Waals surface area contributed by atoms with Gasteiger partial charge in [0.15, 0.2) is 5.78 Å². The fraction of sp³-hybridized carbons (Fsp3) is 0.303. The Hall–Kier alpha value is -4.51. The zero-order chi connectivity index (χ0) is 29.1. The summed E-state index contributed by atoms with van der Waals surface area (Å²) in [6.45, 7) is 1.73. The van der Waals surface area contributed by atoms with Gasteiger partial charge in [-0.1, -0.05) is 18.2 Å². The molecular formula is C33H31F2N3O3. The van der Waals surface area contributed by atoms with Crippen molar-refractivity contribution in [1.82, 2.24) is 5.32 Å². The molecule has 1 aliphatic rings. The zero-order valence-corrected chi connectivity index (χ0v) is 23.0. The van der Waals surface area contributed by atoms with E-state index >= 15 is 0 Å². The molecule has 0 spiro atoms. The van der Waals surface area contributed by atoms with E-state index in [0.717, 1.165) is 18.4 Å². The Kier molecular flexibility index (Phi) is 7.89. The number of Topliss-reactive ketones (excluding diaryl/α,β-unsaturated/α-hetero) is 1. The molecule has 1 fully saturated rings. The minimum Gasteiger partial charge on any atom is -0.455 e. The van der Waals surface area contributed by atoms with Crippen molar-refractivity contribution in [3.05, 3.63) is 77.6 Å². The van der Waals surface area contributed by atoms with E-state index in [4.69, 9.17) is 4.42 Å². The molecule has 210 valence electrons. The van der Waals surface area contributed by atoms with E-state index in [1.165, 1.54) is 19.2 Å². The highest BCUT2D eigenvalue weighted by molar-refractivity contribution is 6.13. The third-order valence-electron chi connectivity index (χ3n) is 7.77. The van der Waals surface area contributed by atoms with Gasteiger partial charge in [-0.05, 0) is 74.1 Å². The Morgan fingerprint density at radius 2 is 1.85 bits per heavy atom. The summed E-state index contributed by atoms with van der Waals surface area (Å²) in [6.07, 6.45) is 2.36. The number of rotatable bonds is 11. The number of hydrogen-bond donors (Lipinski definition) is 2. The number of amides is 1. The Bertz CT molecular complexity index is 1650. The fourth-order valence-electron chi connectivity index (χ4n) is 5.26. The number of furan rings is 1. The predicted octanol–water partition coefficient (Wildman–Crippen LogP) is 7.55. The van der Waals surface area contributed by atoms with Gasteiger partial charge in [0, 0.05) is 53.8 Å². The van der Waals surface area contributed by atoms with Crippen molar-refractivity contribution < 1.29 is 22.8 Å². The molecule has 4 aromatic rings. The summed E-state index contributed by atoms with van der Waals surface area (Å²) in [6, 6.07) is 18.8. The minimum absolute atomic E-state index is 0.108. The summed E-state index contributed by atoms with van der Waals surface area (Å²) in [5, 5.41) is 16.2. The maximum absolute atomic E-state index is 13.6. The first kappa shape index (κ1) is 28.0. The number of nitrogens with one attached hydrogen (secondary N) is 2. The highest BCUT2D eigenvalue weighted by Crippen LogP contribution is 2.48. The molecule has 0 bridgehead atoms. The van der Waals surface area contributed by atoms with Crippen LogP contribution in [0, 0.1) is 28.5 Å². The number of fused-ring (bicyclic) bond motifs is 1. The quantitative estimate of drug-likeness (QED) is 0.147. The Morgan fingerprint density at radius 1 is 1.10 bits per heavy atom. The molecule has 1 heterocycles. The summed E-state index contributed by atoms with van der Waals surface area (Å²) < 4.78 is 32.7. The SMILES string of the molecule is CNC(=O)c1c(-c2ccc(F)cc2)oc2cc(NCCCF)c(-c3cccc(C(=O)CC(C)(C#N)C4CC4)c3)cc12. The number of hydrogen-bond acceptors (Lipinski definition) is 5. The van der Waals surface area contributed by atoms with E-state index in [0.29, 0.717) is 57.6 Å². The van der Waals surface area contributed by atoms with Crippen LogP contribution in [-0.4, -0.2) is 32.0 Å². The molecule has 8 heteroatoms. The van der Waals surface area contributed by atoms with Crippen LogP contribution < -0.4 is 10.6 Å². The first-order chi connectivity index (χ1) is 19.8. The molecule has 0 saturated heterocycles. The molecule has 1 aliphatic carbocycles. The van der Waals surface area contributed by atoms with Gasteiger partial charge in [-0.15, -0.1) is 0 Å². The van der Waals surface area contributed by atoms with Crippen molar-refractivity contribution in [2.45, 2.75) is 32.6 Å². The largest absolute Gasteiger partial charge is 0.455 e. The second-order valence-electron chi connectivity index (χ2n) is 10.7. The van der Waals surface area contributed by atoms with Gasteiger partial charge >= 0.3 is 0 Å². The third kappa shape index (κ3) is 5.71. The van der Waals surface area contributed by atoms with Crippen LogP contribution in [0.3, 0.4) is 0 Å². The van der Waals surface area contributed by atoms with Crippen LogP contribution in [0.1, 0.15) is 53.3 Å². The van der Waals surface area contributed by atoms with Crippen LogP contribution in [0.5, 0.6) is 0 Å². The van der Waals surface area contributed by atoms with Crippen molar-refractivity contribution in [3.63, 3.8) is 0 Å². The summed E-state index contributed by atoms with van der Waals surface area (Å²) in [5.41, 5.74) is 3.14. The predicted molar refractivity (Wildman–Crippen MR) is 155 cm³/mol. The summed E-state index contributed by atoms with van der Waals surface area (Å²) in [5.74, 6) is -0.343. The summed E-state index contributed by atoms with van der Waals surface area (Å²) in [4.78, 5) is 26.4. The number of carbonyl (C=O) groups excluding carboxylic acids is 2. The van der Waals surface area contributed by atoms with Crippen LogP contribution in [0.2, 0.25) is 0 Å². The van der Waals surface area contributed by atoms with Gasteiger partial charge in [-0.3, -0.25) is 14.0 Å². The van der Waals surface area contributed by atoms with Gasteiger partial charge in [0.05, 0.1) is 23.7 Å². The fourth-order valence-corrected chi connectivity index (χ4v) is 5.26. The molecular weight excluding hydrogens is 524 g/mol. The molecule has 1 amide bonds. The first-order valence-electron chi connectivity index (χ1n) is 13.7. The van der Waals surface area contributed by atoms with E-state index in [-0.39, 0.29) is 24.0 Å². The average molecular weight is 556 g/mol. The van der Waals surface area contributed by atoms with E-state index in [9.17, 15) is 23.6 Å². The lowest BCUT2D eigenvalue weighted by Crippen LogP contribution is -2.21. The number of anilines is 1. The molecule has 1 saturated carbocycles. The molecule has 0 aliphatic heterocycles. The van der Waals surface area contributed by atoms with Crippen molar-refractivity contribution in [2.24, 2.45) is 11.3 Å². The molecule has 41 heavy (non-hydrogen) atoms. The van der Waals surface area contributed by atoms with E-state index in [2.05, 4.69) is 16.7 Å². The molecule has 6 nitrogen and oxygen atoms in total. The van der Waals surface area contributed by atoms with Gasteiger partial charge in [0.2, 0.25) is 0 Å². The number of alkyl halides is 1. The van der Waals surface area contributed by atoms with Crippen molar-refractivity contribution >= 4 is 28.3 Å². The number of nitriles is 1. The second kappa shape index (κ2) is 11.5. The Morgan fingerprint density at radius 3 is 2.51 bits per heavy atom. The molecule has 5 rings (SSSR count). The van der Waals surface area contributed by atoms with E-state index in [1.807, 2.05) is 19.1 Å². The molecule has 1 aromatic heterocycles. The first-order valence-corrected chi connectivity index (χ1v) is 13.7. The lowest BCUT2D eigenvalue weighted by molar-refractivity contribution is 0.0934. The second-order valence-corrected chi connectivity index (χ2v) is 10.7. The molecule has 1 atom stereocenters. The number of ketones is 1. The normalized spacial score (nSPS) is 14.3. The number of halogens is 2. The molecule has 0 radical (unpaired) electrons. The Labute approximate surface area is 237 Å². The van der Waals surface area contributed by atoms with E-state index in [1.54, 1.807) is 36.4 Å². The highest BCUT2D eigenvalue weighted by atomic mass is 19.1. The highest BCUT2D eigenvalue weighted by Gasteiger charge is 2.43. The lowest BCUT2D eigenvalue weighted by Gasteiger charge is -2.20. The van der Waals surface area contributed by atoms with Crippen molar-refractivity contribution in [1.29, 1.82) is 5.26 Å². The van der Waals surface area contributed by atoms with Crippen LogP contribution >= 0.6 is 0 Å². The zero-order valence-electron chi connectivity index (χ0n) is 23.0. The van der Waals surface area contributed by atoms with Gasteiger partial charge in [-0.25, -0.2) is 4.39 Å². The van der Waals surface area contributed by atoms with Crippen LogP contribution in [-0.2, 0) is 0 Å². The molecule has 3 aromatic carbocycles. The van der Waals surface area contributed by atoms with Crippen LogP contribution in [0.25, 0.3) is 33.4 Å². The standard InChI is InChI=1S/C33H31F2N3O3/c1-33(19-36,23-9-10-23)18-28(39)22-6-3-5-21(15-22)25-16-26-29(17-27(25)38-14-4-13-34)41-31(30(26)32(40)37-2)20-7-11-24(35)12-8-20/h3,5-8,11-12,15-17,23,38H,4,9-10,13-14,18H2,1-2H3,(H,37,40). The van der Waals surface area contributed by atoms with Gasteiger partial charge in [0.25, 0.3) is 5.91 Å². The van der Waals surface area contributed by atoms with Crippen LogP contribution in [0.4, 0.5) is 14.5 Å². The molecule has 2 N–H and O–H groups in total. The van der Waals surface area contributed by atoms with Crippen molar-refractivity contribution in [3.8, 4) is 28.5 Å². The molecule has 1 unspecified atom stereocenters. The topological polar surface area (TPSA) is 95.1 Å². The lowest BCUT2D eigenvalue weighted by atomic mass is 9.80. The Balaban J connectivity index is 1.63.